The molecule has 1 atom stereocenters. The molecule has 0 amide bonds. The Labute approximate surface area is 130 Å². The van der Waals surface area contributed by atoms with E-state index in [2.05, 4.69) is 43.4 Å². The minimum atomic E-state index is 0.531. The number of hydrogen-bond donors (Lipinski definition) is 1. The normalized spacial score (nSPS) is 16.4. The summed E-state index contributed by atoms with van der Waals surface area (Å²) in [6.45, 7) is 5.28. The molecule has 1 aromatic heterocycles. The minimum absolute atomic E-state index is 0.531. The van der Waals surface area contributed by atoms with E-state index in [9.17, 15) is 0 Å². The van der Waals surface area contributed by atoms with Crippen LogP contribution in [0.15, 0.2) is 30.3 Å². The van der Waals surface area contributed by atoms with Crippen LogP contribution in [0.2, 0.25) is 5.02 Å². The predicted molar refractivity (Wildman–Crippen MR) is 88.6 cm³/mol. The summed E-state index contributed by atoms with van der Waals surface area (Å²) in [6.07, 6.45) is 2.71. The number of thiophene rings is 1. The molecule has 1 N–H and O–H groups in total. The third kappa shape index (κ3) is 2.93. The fourth-order valence-electron chi connectivity index (χ4n) is 2.63. The summed E-state index contributed by atoms with van der Waals surface area (Å²) in [7, 11) is 0. The minimum Gasteiger partial charge on any atom is -0.309 e. The topological polar surface area (TPSA) is 12.0 Å². The molecular formula is C17H20ClNS. The van der Waals surface area contributed by atoms with E-state index >= 15 is 0 Å². The zero-order valence-corrected chi connectivity index (χ0v) is 13.5. The van der Waals surface area contributed by atoms with Gasteiger partial charge in [-0.3, -0.25) is 0 Å². The zero-order chi connectivity index (χ0) is 14.1. The van der Waals surface area contributed by atoms with E-state index in [0.29, 0.717) is 6.04 Å². The van der Waals surface area contributed by atoms with Crippen LogP contribution in [0, 0.1) is 12.8 Å². The van der Waals surface area contributed by atoms with Crippen molar-refractivity contribution in [1.82, 2.24) is 5.32 Å². The Morgan fingerprint density at radius 2 is 2.10 bits per heavy atom. The van der Waals surface area contributed by atoms with Crippen molar-refractivity contribution in [3.8, 4) is 10.4 Å². The van der Waals surface area contributed by atoms with Crippen molar-refractivity contribution in [2.75, 3.05) is 6.54 Å². The molecule has 3 heteroatoms. The van der Waals surface area contributed by atoms with Crippen molar-refractivity contribution in [2.24, 2.45) is 5.92 Å². The second-order valence-corrected chi connectivity index (χ2v) is 7.08. The zero-order valence-electron chi connectivity index (χ0n) is 11.9. The Bertz CT molecular complexity index is 601. The summed E-state index contributed by atoms with van der Waals surface area (Å²) >= 11 is 8.26. The van der Waals surface area contributed by atoms with Gasteiger partial charge in [0, 0.05) is 26.4 Å². The van der Waals surface area contributed by atoms with E-state index in [4.69, 9.17) is 11.6 Å². The highest BCUT2D eigenvalue weighted by Crippen LogP contribution is 2.44. The van der Waals surface area contributed by atoms with Crippen LogP contribution in [-0.2, 0) is 0 Å². The van der Waals surface area contributed by atoms with Crippen LogP contribution in [0.5, 0.6) is 0 Å². The number of aryl methyl sites for hydroxylation is 1. The van der Waals surface area contributed by atoms with Gasteiger partial charge in [-0.2, -0.15) is 0 Å². The van der Waals surface area contributed by atoms with Gasteiger partial charge in [-0.1, -0.05) is 30.7 Å². The van der Waals surface area contributed by atoms with E-state index in [1.54, 1.807) is 0 Å². The van der Waals surface area contributed by atoms with Crippen LogP contribution in [0.3, 0.4) is 0 Å². The lowest BCUT2D eigenvalue weighted by molar-refractivity contribution is 0.504. The third-order valence-corrected chi connectivity index (χ3v) is 5.36. The number of rotatable bonds is 5. The third-order valence-electron chi connectivity index (χ3n) is 3.84. The molecule has 1 fully saturated rings. The van der Waals surface area contributed by atoms with Crippen molar-refractivity contribution in [2.45, 2.75) is 32.7 Å². The van der Waals surface area contributed by atoms with Gasteiger partial charge in [-0.25, -0.2) is 0 Å². The molecule has 1 aromatic carbocycles. The van der Waals surface area contributed by atoms with Gasteiger partial charge >= 0.3 is 0 Å². The highest BCUT2D eigenvalue weighted by atomic mass is 35.5. The van der Waals surface area contributed by atoms with Gasteiger partial charge in [0.2, 0.25) is 0 Å². The Hall–Kier alpha value is -0.830. The maximum Gasteiger partial charge on any atom is 0.0495 e. The first-order valence-electron chi connectivity index (χ1n) is 7.28. The molecule has 0 aliphatic heterocycles. The van der Waals surface area contributed by atoms with E-state index in [1.165, 1.54) is 28.2 Å². The standard InChI is InChI=1S/C17H20ClNS/c1-3-19-17(12-5-6-12)16-9-8-15(20-16)13-7-4-11(2)10-14(13)18/h4,7-10,12,17,19H,3,5-6H2,1-2H3. The second-order valence-electron chi connectivity index (χ2n) is 5.56. The number of halogens is 1. The Morgan fingerprint density at radius 1 is 1.30 bits per heavy atom. The van der Waals surface area contributed by atoms with Crippen molar-refractivity contribution in [1.29, 1.82) is 0 Å². The highest BCUT2D eigenvalue weighted by Gasteiger charge is 2.32. The summed E-state index contributed by atoms with van der Waals surface area (Å²) in [5.74, 6) is 0.829. The van der Waals surface area contributed by atoms with E-state index < -0.39 is 0 Å². The summed E-state index contributed by atoms with van der Waals surface area (Å²) in [4.78, 5) is 2.72. The molecule has 0 spiro atoms. The van der Waals surface area contributed by atoms with Crippen LogP contribution in [0.25, 0.3) is 10.4 Å². The van der Waals surface area contributed by atoms with Gasteiger partial charge in [-0.05, 0) is 56.0 Å². The molecule has 1 unspecified atom stereocenters. The van der Waals surface area contributed by atoms with Gasteiger partial charge in [-0.15, -0.1) is 11.3 Å². The lowest BCUT2D eigenvalue weighted by Crippen LogP contribution is -2.21. The molecule has 0 saturated heterocycles. The van der Waals surface area contributed by atoms with Crippen molar-refractivity contribution >= 4 is 22.9 Å². The van der Waals surface area contributed by atoms with E-state index in [0.717, 1.165) is 23.0 Å². The Balaban J connectivity index is 1.89. The van der Waals surface area contributed by atoms with Gasteiger partial charge in [0.25, 0.3) is 0 Å². The summed E-state index contributed by atoms with van der Waals surface area (Å²) < 4.78 is 0. The summed E-state index contributed by atoms with van der Waals surface area (Å²) in [6, 6.07) is 11.3. The molecule has 3 rings (SSSR count). The largest absolute Gasteiger partial charge is 0.309 e. The lowest BCUT2D eigenvalue weighted by Gasteiger charge is -2.15. The quantitative estimate of drug-likeness (QED) is 0.776. The molecule has 1 aliphatic rings. The molecule has 106 valence electrons. The molecule has 2 aromatic rings. The first kappa shape index (κ1) is 14.1. The van der Waals surface area contributed by atoms with Crippen LogP contribution in [0.1, 0.15) is 36.2 Å². The highest BCUT2D eigenvalue weighted by molar-refractivity contribution is 7.15. The number of benzene rings is 1. The van der Waals surface area contributed by atoms with Crippen LogP contribution >= 0.6 is 22.9 Å². The lowest BCUT2D eigenvalue weighted by atomic mass is 10.1. The smallest absolute Gasteiger partial charge is 0.0495 e. The fourth-order valence-corrected chi connectivity index (χ4v) is 4.24. The molecule has 0 bridgehead atoms. The molecule has 1 aliphatic carbocycles. The van der Waals surface area contributed by atoms with Crippen molar-refractivity contribution in [3.63, 3.8) is 0 Å². The van der Waals surface area contributed by atoms with Crippen LogP contribution < -0.4 is 5.32 Å². The first-order valence-corrected chi connectivity index (χ1v) is 8.48. The molecule has 20 heavy (non-hydrogen) atoms. The second kappa shape index (κ2) is 5.88. The Kier molecular flexibility index (Phi) is 4.16. The van der Waals surface area contributed by atoms with Crippen LogP contribution in [0.4, 0.5) is 0 Å². The summed E-state index contributed by atoms with van der Waals surface area (Å²) in [5, 5.41) is 4.48. The van der Waals surface area contributed by atoms with Gasteiger partial charge in [0.15, 0.2) is 0 Å². The number of nitrogens with one attached hydrogen (secondary N) is 1. The summed E-state index contributed by atoms with van der Waals surface area (Å²) in [5.41, 5.74) is 2.36. The molecular weight excluding hydrogens is 286 g/mol. The van der Waals surface area contributed by atoms with Crippen molar-refractivity contribution < 1.29 is 0 Å². The van der Waals surface area contributed by atoms with E-state index in [-0.39, 0.29) is 0 Å². The first-order chi connectivity index (χ1) is 9.69. The van der Waals surface area contributed by atoms with Gasteiger partial charge in [0.1, 0.15) is 0 Å². The van der Waals surface area contributed by atoms with Crippen molar-refractivity contribution in [3.05, 3.63) is 45.8 Å². The fraction of sp³-hybridized carbons (Fsp3) is 0.412. The Morgan fingerprint density at radius 3 is 2.75 bits per heavy atom. The molecule has 1 nitrogen and oxygen atoms in total. The van der Waals surface area contributed by atoms with Gasteiger partial charge < -0.3 is 5.32 Å². The van der Waals surface area contributed by atoms with E-state index in [1.807, 2.05) is 17.4 Å². The maximum atomic E-state index is 6.38. The molecule has 1 heterocycles. The SMILES string of the molecule is CCNC(c1ccc(-c2ccc(C)cc2Cl)s1)C1CC1. The predicted octanol–water partition coefficient (Wildman–Crippen LogP) is 5.44. The molecule has 0 radical (unpaired) electrons. The monoisotopic (exact) mass is 305 g/mol. The average Bonchev–Trinajstić information content (AvgIpc) is 3.14. The number of hydrogen-bond acceptors (Lipinski definition) is 2. The van der Waals surface area contributed by atoms with Crippen LogP contribution in [-0.4, -0.2) is 6.54 Å². The van der Waals surface area contributed by atoms with Gasteiger partial charge in [0.05, 0.1) is 0 Å². The molecule has 1 saturated carbocycles. The average molecular weight is 306 g/mol. The maximum absolute atomic E-state index is 6.38.